The summed E-state index contributed by atoms with van der Waals surface area (Å²) < 4.78 is 0. The zero-order valence-electron chi connectivity index (χ0n) is 13.2. The molecule has 0 radical (unpaired) electrons. The number of aromatic nitrogens is 2. The predicted octanol–water partition coefficient (Wildman–Crippen LogP) is 1.93. The van der Waals surface area contributed by atoms with E-state index in [0.29, 0.717) is 12.1 Å². The first-order valence-electron chi connectivity index (χ1n) is 7.54. The minimum absolute atomic E-state index is 0.0884. The lowest BCUT2D eigenvalue weighted by atomic mass is 10.1. The fraction of sp³-hybridized carbons (Fsp3) is 0.294. The molecule has 0 bridgehead atoms. The standard InChI is InChI=1S/C17H20N4O2/c1-3-12(2)21-16(22)14-6-4-13(5-7-14)10-20-17(23)15-11-18-8-9-19-15/h4-9,11-12H,3,10H2,1-2H3,(H,20,23)(H,21,22)/t12-/m1/s1. The van der Waals surface area contributed by atoms with Crippen molar-refractivity contribution in [1.29, 1.82) is 0 Å². The normalized spacial score (nSPS) is 11.6. The van der Waals surface area contributed by atoms with Crippen molar-refractivity contribution in [3.05, 3.63) is 59.7 Å². The van der Waals surface area contributed by atoms with Crippen LogP contribution in [0.4, 0.5) is 0 Å². The van der Waals surface area contributed by atoms with Crippen molar-refractivity contribution in [2.24, 2.45) is 0 Å². The molecule has 1 aromatic carbocycles. The summed E-state index contributed by atoms with van der Waals surface area (Å²) in [5.74, 6) is -0.369. The molecule has 2 rings (SSSR count). The molecular formula is C17H20N4O2. The van der Waals surface area contributed by atoms with Crippen LogP contribution in [0.2, 0.25) is 0 Å². The van der Waals surface area contributed by atoms with E-state index in [2.05, 4.69) is 20.6 Å². The van der Waals surface area contributed by atoms with Gasteiger partial charge in [-0.2, -0.15) is 0 Å². The summed E-state index contributed by atoms with van der Waals surface area (Å²) in [6, 6.07) is 7.29. The van der Waals surface area contributed by atoms with E-state index in [0.717, 1.165) is 12.0 Å². The Bertz CT molecular complexity index is 656. The maximum absolute atomic E-state index is 12.0. The number of benzene rings is 1. The minimum Gasteiger partial charge on any atom is -0.350 e. The fourth-order valence-corrected chi connectivity index (χ4v) is 1.87. The van der Waals surface area contributed by atoms with Crippen molar-refractivity contribution in [2.45, 2.75) is 32.9 Å². The Labute approximate surface area is 135 Å². The van der Waals surface area contributed by atoms with Crippen molar-refractivity contribution in [1.82, 2.24) is 20.6 Å². The van der Waals surface area contributed by atoms with Gasteiger partial charge in [-0.15, -0.1) is 0 Å². The SMILES string of the molecule is CC[C@@H](C)NC(=O)c1ccc(CNC(=O)c2cnccn2)cc1. The average molecular weight is 312 g/mol. The Morgan fingerprint density at radius 3 is 2.48 bits per heavy atom. The Kier molecular flexibility index (Phi) is 5.80. The van der Waals surface area contributed by atoms with E-state index in [1.165, 1.54) is 18.6 Å². The van der Waals surface area contributed by atoms with Crippen LogP contribution < -0.4 is 10.6 Å². The summed E-state index contributed by atoms with van der Waals surface area (Å²) >= 11 is 0. The summed E-state index contributed by atoms with van der Waals surface area (Å²) in [7, 11) is 0. The first-order chi connectivity index (χ1) is 11.1. The smallest absolute Gasteiger partial charge is 0.271 e. The second-order valence-electron chi connectivity index (χ2n) is 5.25. The van der Waals surface area contributed by atoms with Gasteiger partial charge in [-0.25, -0.2) is 4.98 Å². The molecule has 0 saturated carbocycles. The van der Waals surface area contributed by atoms with Gasteiger partial charge in [0.25, 0.3) is 11.8 Å². The highest BCUT2D eigenvalue weighted by Gasteiger charge is 2.09. The number of rotatable bonds is 6. The van der Waals surface area contributed by atoms with Crippen LogP contribution in [-0.4, -0.2) is 27.8 Å². The molecule has 0 saturated heterocycles. The summed E-state index contributed by atoms with van der Waals surface area (Å²) in [6.45, 7) is 4.35. The maximum Gasteiger partial charge on any atom is 0.271 e. The van der Waals surface area contributed by atoms with Gasteiger partial charge < -0.3 is 10.6 Å². The number of hydrogen-bond donors (Lipinski definition) is 2. The largest absolute Gasteiger partial charge is 0.350 e. The third-order valence-electron chi connectivity index (χ3n) is 3.45. The van der Waals surface area contributed by atoms with E-state index in [4.69, 9.17) is 0 Å². The van der Waals surface area contributed by atoms with E-state index < -0.39 is 0 Å². The molecule has 120 valence electrons. The molecule has 0 aliphatic carbocycles. The average Bonchev–Trinajstić information content (AvgIpc) is 2.60. The summed E-state index contributed by atoms with van der Waals surface area (Å²) in [4.78, 5) is 31.6. The van der Waals surface area contributed by atoms with Gasteiger partial charge in [0.05, 0.1) is 6.20 Å². The zero-order chi connectivity index (χ0) is 16.7. The zero-order valence-corrected chi connectivity index (χ0v) is 13.2. The van der Waals surface area contributed by atoms with E-state index in [1.54, 1.807) is 12.1 Å². The van der Waals surface area contributed by atoms with Crippen molar-refractivity contribution in [3.8, 4) is 0 Å². The second-order valence-corrected chi connectivity index (χ2v) is 5.25. The Morgan fingerprint density at radius 2 is 1.87 bits per heavy atom. The minimum atomic E-state index is -0.281. The van der Waals surface area contributed by atoms with Gasteiger partial charge in [0.15, 0.2) is 0 Å². The third-order valence-corrected chi connectivity index (χ3v) is 3.45. The van der Waals surface area contributed by atoms with Crippen LogP contribution in [0.1, 0.15) is 46.7 Å². The fourth-order valence-electron chi connectivity index (χ4n) is 1.87. The van der Waals surface area contributed by atoms with Gasteiger partial charge in [0.2, 0.25) is 0 Å². The predicted molar refractivity (Wildman–Crippen MR) is 86.9 cm³/mol. The lowest BCUT2D eigenvalue weighted by molar-refractivity contribution is 0.0932. The Morgan fingerprint density at radius 1 is 1.13 bits per heavy atom. The molecule has 0 fully saturated rings. The molecule has 2 amide bonds. The molecule has 23 heavy (non-hydrogen) atoms. The molecule has 2 N–H and O–H groups in total. The van der Waals surface area contributed by atoms with Crippen LogP contribution in [0.25, 0.3) is 0 Å². The van der Waals surface area contributed by atoms with E-state index in [1.807, 2.05) is 26.0 Å². The highest BCUT2D eigenvalue weighted by molar-refractivity contribution is 5.94. The lowest BCUT2D eigenvalue weighted by Crippen LogP contribution is -2.31. The van der Waals surface area contributed by atoms with Crippen LogP contribution in [0, 0.1) is 0 Å². The second kappa shape index (κ2) is 8.03. The third kappa shape index (κ3) is 4.88. The first-order valence-corrected chi connectivity index (χ1v) is 7.54. The van der Waals surface area contributed by atoms with Gasteiger partial charge in [0, 0.05) is 30.5 Å². The highest BCUT2D eigenvalue weighted by atomic mass is 16.2. The van der Waals surface area contributed by atoms with E-state index >= 15 is 0 Å². The first kappa shape index (κ1) is 16.6. The summed E-state index contributed by atoms with van der Waals surface area (Å²) in [5, 5.41) is 5.68. The molecule has 0 spiro atoms. The lowest BCUT2D eigenvalue weighted by Gasteiger charge is -2.11. The van der Waals surface area contributed by atoms with Crippen LogP contribution in [0.15, 0.2) is 42.9 Å². The quantitative estimate of drug-likeness (QED) is 0.853. The molecule has 1 atom stereocenters. The van der Waals surface area contributed by atoms with Crippen LogP contribution in [-0.2, 0) is 6.54 Å². The molecule has 2 aromatic rings. The van der Waals surface area contributed by atoms with Gasteiger partial charge in [-0.1, -0.05) is 19.1 Å². The van der Waals surface area contributed by atoms with Crippen molar-refractivity contribution in [2.75, 3.05) is 0 Å². The van der Waals surface area contributed by atoms with Gasteiger partial charge in [0.1, 0.15) is 5.69 Å². The number of nitrogens with zero attached hydrogens (tertiary/aromatic N) is 2. The number of hydrogen-bond acceptors (Lipinski definition) is 4. The van der Waals surface area contributed by atoms with Crippen molar-refractivity contribution in [3.63, 3.8) is 0 Å². The molecule has 0 unspecified atom stereocenters. The highest BCUT2D eigenvalue weighted by Crippen LogP contribution is 2.05. The Balaban J connectivity index is 1.90. The molecule has 0 aliphatic heterocycles. The van der Waals surface area contributed by atoms with E-state index in [-0.39, 0.29) is 23.6 Å². The summed E-state index contributed by atoms with van der Waals surface area (Å²) in [5.41, 5.74) is 1.79. The molecular weight excluding hydrogens is 292 g/mol. The molecule has 6 heteroatoms. The van der Waals surface area contributed by atoms with Crippen LogP contribution in [0.5, 0.6) is 0 Å². The van der Waals surface area contributed by atoms with Gasteiger partial charge in [-0.3, -0.25) is 14.6 Å². The molecule has 6 nitrogen and oxygen atoms in total. The number of amides is 2. The number of carbonyl (C=O) groups is 2. The van der Waals surface area contributed by atoms with Crippen molar-refractivity contribution < 1.29 is 9.59 Å². The molecule has 1 heterocycles. The molecule has 0 aliphatic rings. The number of nitrogens with one attached hydrogen (secondary N) is 2. The summed E-state index contributed by atoms with van der Waals surface area (Å²) in [6.07, 6.45) is 5.29. The van der Waals surface area contributed by atoms with E-state index in [9.17, 15) is 9.59 Å². The van der Waals surface area contributed by atoms with Crippen LogP contribution >= 0.6 is 0 Å². The molecule has 1 aromatic heterocycles. The Hall–Kier alpha value is -2.76. The maximum atomic E-state index is 12.0. The topological polar surface area (TPSA) is 84.0 Å². The van der Waals surface area contributed by atoms with Crippen molar-refractivity contribution >= 4 is 11.8 Å². The van der Waals surface area contributed by atoms with Gasteiger partial charge >= 0.3 is 0 Å². The van der Waals surface area contributed by atoms with Gasteiger partial charge in [-0.05, 0) is 31.0 Å². The number of carbonyl (C=O) groups excluding carboxylic acids is 2. The monoisotopic (exact) mass is 312 g/mol. The van der Waals surface area contributed by atoms with Crippen LogP contribution in [0.3, 0.4) is 0 Å².